The molecule has 1 aromatic carbocycles. The third kappa shape index (κ3) is 3.22. The Bertz CT molecular complexity index is 552. The van der Waals surface area contributed by atoms with Gasteiger partial charge in [-0.2, -0.15) is 0 Å². The molecule has 0 aliphatic rings. The van der Waals surface area contributed by atoms with Gasteiger partial charge in [0, 0.05) is 12.1 Å². The van der Waals surface area contributed by atoms with Crippen molar-refractivity contribution in [3.8, 4) is 0 Å². The number of nitrogens with two attached hydrogens (primary N) is 1. The van der Waals surface area contributed by atoms with Gasteiger partial charge in [0.15, 0.2) is 0 Å². The minimum absolute atomic E-state index is 0.414. The fourth-order valence-corrected chi connectivity index (χ4v) is 1.97. The summed E-state index contributed by atoms with van der Waals surface area (Å²) < 4.78 is 0. The highest BCUT2D eigenvalue weighted by atomic mass is 15.1. The molecule has 0 aliphatic heterocycles. The number of nitrogens with zero attached hydrogens (tertiary/aromatic N) is 2. The van der Waals surface area contributed by atoms with Crippen LogP contribution in [0.5, 0.6) is 0 Å². The Hall–Kier alpha value is -2.10. The van der Waals surface area contributed by atoms with Crippen LogP contribution in [0.25, 0.3) is 0 Å². The van der Waals surface area contributed by atoms with E-state index in [1.165, 1.54) is 5.56 Å². The molecule has 1 atom stereocenters. The predicted molar refractivity (Wildman–Crippen MR) is 79.3 cm³/mol. The molecule has 0 spiro atoms. The lowest BCUT2D eigenvalue weighted by Gasteiger charge is -2.15. The van der Waals surface area contributed by atoms with Crippen molar-refractivity contribution in [1.82, 2.24) is 9.97 Å². The second-order valence-electron chi connectivity index (χ2n) is 4.82. The molecule has 0 aliphatic carbocycles. The van der Waals surface area contributed by atoms with E-state index in [-0.39, 0.29) is 0 Å². The van der Waals surface area contributed by atoms with Crippen LogP contribution in [0.15, 0.2) is 30.3 Å². The van der Waals surface area contributed by atoms with Crippen LogP contribution in [0, 0.1) is 13.8 Å². The lowest BCUT2D eigenvalue weighted by molar-refractivity contribution is 0.798. The molecule has 0 fully saturated rings. The average molecular weight is 256 g/mol. The number of aryl methyl sites for hydroxylation is 1. The van der Waals surface area contributed by atoms with Gasteiger partial charge in [-0.05, 0) is 25.3 Å². The summed E-state index contributed by atoms with van der Waals surface area (Å²) in [6.07, 6.45) is 0. The summed E-state index contributed by atoms with van der Waals surface area (Å²) in [5, 5.41) is 3.36. The summed E-state index contributed by atoms with van der Waals surface area (Å²) in [7, 11) is 0. The first-order chi connectivity index (χ1) is 9.08. The molecule has 3 N–H and O–H groups in total. The Labute approximate surface area is 114 Å². The van der Waals surface area contributed by atoms with E-state index in [1.807, 2.05) is 19.9 Å². The highest BCUT2D eigenvalue weighted by Gasteiger charge is 2.09. The molecule has 19 heavy (non-hydrogen) atoms. The van der Waals surface area contributed by atoms with Crippen molar-refractivity contribution >= 4 is 11.6 Å². The van der Waals surface area contributed by atoms with Crippen molar-refractivity contribution in [2.75, 3.05) is 17.6 Å². The van der Waals surface area contributed by atoms with Crippen LogP contribution in [-0.2, 0) is 0 Å². The number of benzene rings is 1. The summed E-state index contributed by atoms with van der Waals surface area (Å²) in [6.45, 7) is 6.79. The maximum Gasteiger partial charge on any atom is 0.134 e. The monoisotopic (exact) mass is 256 g/mol. The third-order valence-electron chi connectivity index (χ3n) is 3.24. The van der Waals surface area contributed by atoms with Gasteiger partial charge in [-0.3, -0.25) is 0 Å². The second-order valence-corrected chi connectivity index (χ2v) is 4.82. The summed E-state index contributed by atoms with van der Waals surface area (Å²) >= 11 is 0. The number of hydrogen-bond acceptors (Lipinski definition) is 4. The molecule has 1 heterocycles. The largest absolute Gasteiger partial charge is 0.383 e. The number of nitrogen functional groups attached to an aromatic ring is 1. The molecular weight excluding hydrogens is 236 g/mol. The van der Waals surface area contributed by atoms with E-state index >= 15 is 0 Å². The van der Waals surface area contributed by atoms with Crippen molar-refractivity contribution in [3.63, 3.8) is 0 Å². The predicted octanol–water partition coefficient (Wildman–Crippen LogP) is 2.89. The summed E-state index contributed by atoms with van der Waals surface area (Å²) in [5.74, 6) is 2.48. The minimum atomic E-state index is 0.414. The van der Waals surface area contributed by atoms with Gasteiger partial charge >= 0.3 is 0 Å². The van der Waals surface area contributed by atoms with Gasteiger partial charge in [0.05, 0.1) is 0 Å². The Morgan fingerprint density at radius 1 is 1.16 bits per heavy atom. The number of rotatable bonds is 4. The fraction of sp³-hybridized carbons (Fsp3) is 0.333. The normalized spacial score (nSPS) is 12.2. The van der Waals surface area contributed by atoms with Crippen molar-refractivity contribution in [1.29, 1.82) is 0 Å². The van der Waals surface area contributed by atoms with Gasteiger partial charge in [-0.15, -0.1) is 0 Å². The fourth-order valence-electron chi connectivity index (χ4n) is 1.97. The molecule has 0 saturated carbocycles. The molecular formula is C15H20N4. The van der Waals surface area contributed by atoms with Crippen molar-refractivity contribution < 1.29 is 0 Å². The van der Waals surface area contributed by atoms with Gasteiger partial charge in [-0.1, -0.05) is 37.3 Å². The van der Waals surface area contributed by atoms with Crippen LogP contribution < -0.4 is 11.1 Å². The molecule has 4 nitrogen and oxygen atoms in total. The molecule has 100 valence electrons. The maximum atomic E-state index is 5.85. The molecule has 2 rings (SSSR count). The van der Waals surface area contributed by atoms with Gasteiger partial charge in [-0.25, -0.2) is 9.97 Å². The van der Waals surface area contributed by atoms with E-state index in [0.29, 0.717) is 17.6 Å². The van der Waals surface area contributed by atoms with Gasteiger partial charge in [0.25, 0.3) is 0 Å². The molecule has 4 heteroatoms. The second kappa shape index (κ2) is 5.69. The van der Waals surface area contributed by atoms with E-state index in [9.17, 15) is 0 Å². The summed E-state index contributed by atoms with van der Waals surface area (Å²) in [5.41, 5.74) is 8.07. The van der Waals surface area contributed by atoms with Crippen molar-refractivity contribution in [2.24, 2.45) is 0 Å². The summed E-state index contributed by atoms with van der Waals surface area (Å²) in [4.78, 5) is 8.54. The highest BCUT2D eigenvalue weighted by Crippen LogP contribution is 2.19. The molecule has 0 radical (unpaired) electrons. The first kappa shape index (κ1) is 13.3. The third-order valence-corrected chi connectivity index (χ3v) is 3.24. The smallest absolute Gasteiger partial charge is 0.134 e. The lowest BCUT2D eigenvalue weighted by atomic mass is 10.0. The molecule has 0 saturated heterocycles. The highest BCUT2D eigenvalue weighted by molar-refractivity contribution is 5.54. The SMILES string of the molecule is Cc1nc(N)c(C)c(NCC(C)c2ccccc2)n1. The Morgan fingerprint density at radius 2 is 1.84 bits per heavy atom. The van der Waals surface area contributed by atoms with Crippen molar-refractivity contribution in [3.05, 3.63) is 47.3 Å². The first-order valence-corrected chi connectivity index (χ1v) is 6.47. The Morgan fingerprint density at radius 3 is 2.53 bits per heavy atom. The lowest BCUT2D eigenvalue weighted by Crippen LogP contribution is -2.13. The van der Waals surface area contributed by atoms with Crippen molar-refractivity contribution in [2.45, 2.75) is 26.7 Å². The number of hydrogen-bond donors (Lipinski definition) is 2. The van der Waals surface area contributed by atoms with E-state index in [0.717, 1.165) is 17.9 Å². The van der Waals surface area contributed by atoms with Crippen LogP contribution in [-0.4, -0.2) is 16.5 Å². The van der Waals surface area contributed by atoms with Crippen LogP contribution in [0.1, 0.15) is 29.8 Å². The zero-order valence-corrected chi connectivity index (χ0v) is 11.6. The number of anilines is 2. The molecule has 2 aromatic rings. The Kier molecular flexibility index (Phi) is 4.00. The molecule has 1 aromatic heterocycles. The zero-order chi connectivity index (χ0) is 13.8. The zero-order valence-electron chi connectivity index (χ0n) is 11.6. The Balaban J connectivity index is 2.07. The molecule has 0 amide bonds. The van der Waals surface area contributed by atoms with Crippen LogP contribution in [0.3, 0.4) is 0 Å². The van der Waals surface area contributed by atoms with E-state index in [1.54, 1.807) is 0 Å². The van der Waals surface area contributed by atoms with Crippen LogP contribution in [0.4, 0.5) is 11.6 Å². The van der Waals surface area contributed by atoms with Gasteiger partial charge in [0.1, 0.15) is 17.5 Å². The standard InChI is InChI=1S/C15H20N4/c1-10(13-7-5-4-6-8-13)9-17-15-11(2)14(16)18-12(3)19-15/h4-8,10H,9H2,1-3H3,(H3,16,17,18,19). The average Bonchev–Trinajstić information content (AvgIpc) is 2.41. The van der Waals surface area contributed by atoms with Crippen LogP contribution in [0.2, 0.25) is 0 Å². The number of nitrogens with one attached hydrogen (secondary N) is 1. The van der Waals surface area contributed by atoms with Gasteiger partial charge in [0.2, 0.25) is 0 Å². The molecule has 1 unspecified atom stereocenters. The maximum absolute atomic E-state index is 5.85. The van der Waals surface area contributed by atoms with Crippen LogP contribution >= 0.6 is 0 Å². The van der Waals surface area contributed by atoms with E-state index in [2.05, 4.69) is 46.5 Å². The summed E-state index contributed by atoms with van der Waals surface area (Å²) in [6, 6.07) is 10.4. The van der Waals surface area contributed by atoms with E-state index in [4.69, 9.17) is 5.73 Å². The molecule has 0 bridgehead atoms. The quantitative estimate of drug-likeness (QED) is 0.883. The minimum Gasteiger partial charge on any atom is -0.383 e. The number of aromatic nitrogens is 2. The first-order valence-electron chi connectivity index (χ1n) is 6.47. The van der Waals surface area contributed by atoms with E-state index < -0.39 is 0 Å². The topological polar surface area (TPSA) is 63.8 Å². The van der Waals surface area contributed by atoms with Gasteiger partial charge < -0.3 is 11.1 Å².